The standard InChI is InChI=1S/C13H18ClF3N2O/c1-8(7-20-2)12(6-18)19-11-4-9(13(15,16)17)3-10(14)5-11/h3-5,8,12,19H,6-7,18H2,1-2H3. The van der Waals surface area contributed by atoms with Gasteiger partial charge in [0.1, 0.15) is 0 Å². The van der Waals surface area contributed by atoms with Gasteiger partial charge in [-0.25, -0.2) is 0 Å². The lowest BCUT2D eigenvalue weighted by Crippen LogP contribution is -2.37. The first-order valence-corrected chi connectivity index (χ1v) is 6.49. The SMILES string of the molecule is COCC(C)C(CN)Nc1cc(Cl)cc(C(F)(F)F)c1. The van der Waals surface area contributed by atoms with Crippen LogP contribution in [-0.2, 0) is 10.9 Å². The molecular weight excluding hydrogens is 293 g/mol. The van der Waals surface area contributed by atoms with Crippen LogP contribution in [0.5, 0.6) is 0 Å². The second kappa shape index (κ2) is 7.15. The minimum Gasteiger partial charge on any atom is -0.384 e. The second-order valence-electron chi connectivity index (χ2n) is 4.65. The first-order chi connectivity index (χ1) is 9.27. The topological polar surface area (TPSA) is 47.3 Å². The predicted molar refractivity (Wildman–Crippen MR) is 74.0 cm³/mol. The van der Waals surface area contributed by atoms with E-state index in [0.717, 1.165) is 12.1 Å². The van der Waals surface area contributed by atoms with E-state index in [4.69, 9.17) is 22.1 Å². The Labute approximate surface area is 121 Å². The zero-order valence-electron chi connectivity index (χ0n) is 11.3. The van der Waals surface area contributed by atoms with Crippen molar-refractivity contribution < 1.29 is 17.9 Å². The quantitative estimate of drug-likeness (QED) is 0.847. The van der Waals surface area contributed by atoms with Gasteiger partial charge in [0, 0.05) is 36.3 Å². The molecule has 2 atom stereocenters. The van der Waals surface area contributed by atoms with Gasteiger partial charge in [-0.1, -0.05) is 18.5 Å². The molecule has 3 N–H and O–H groups in total. The lowest BCUT2D eigenvalue weighted by atomic mass is 10.0. The maximum Gasteiger partial charge on any atom is 0.416 e. The highest BCUT2D eigenvalue weighted by Crippen LogP contribution is 2.33. The largest absolute Gasteiger partial charge is 0.416 e. The third kappa shape index (κ3) is 4.85. The Kier molecular flexibility index (Phi) is 6.10. The average Bonchev–Trinajstić information content (AvgIpc) is 2.34. The van der Waals surface area contributed by atoms with E-state index in [-0.39, 0.29) is 23.5 Å². The maximum absolute atomic E-state index is 12.7. The summed E-state index contributed by atoms with van der Waals surface area (Å²) in [4.78, 5) is 0. The number of ether oxygens (including phenoxy) is 1. The Bertz CT molecular complexity index is 440. The number of alkyl halides is 3. The van der Waals surface area contributed by atoms with E-state index < -0.39 is 11.7 Å². The van der Waals surface area contributed by atoms with Gasteiger partial charge >= 0.3 is 6.18 Å². The van der Waals surface area contributed by atoms with Crippen molar-refractivity contribution in [3.05, 3.63) is 28.8 Å². The van der Waals surface area contributed by atoms with Crippen LogP contribution in [0, 0.1) is 5.92 Å². The normalized spacial score (nSPS) is 14.9. The molecule has 0 saturated carbocycles. The summed E-state index contributed by atoms with van der Waals surface area (Å²) >= 11 is 5.73. The minimum absolute atomic E-state index is 0.0255. The zero-order chi connectivity index (χ0) is 15.3. The smallest absolute Gasteiger partial charge is 0.384 e. The molecule has 0 fully saturated rings. The van der Waals surface area contributed by atoms with Gasteiger partial charge in [0.25, 0.3) is 0 Å². The third-order valence-corrected chi connectivity index (χ3v) is 3.17. The summed E-state index contributed by atoms with van der Waals surface area (Å²) in [5.74, 6) is 0.0540. The molecule has 114 valence electrons. The maximum atomic E-state index is 12.7. The van der Waals surface area contributed by atoms with Crippen molar-refractivity contribution in [1.82, 2.24) is 0 Å². The van der Waals surface area contributed by atoms with Crippen LogP contribution in [0.25, 0.3) is 0 Å². The van der Waals surface area contributed by atoms with Gasteiger partial charge in [-0.2, -0.15) is 13.2 Å². The van der Waals surface area contributed by atoms with Crippen molar-refractivity contribution in [2.75, 3.05) is 25.6 Å². The van der Waals surface area contributed by atoms with Crippen molar-refractivity contribution >= 4 is 17.3 Å². The lowest BCUT2D eigenvalue weighted by molar-refractivity contribution is -0.137. The second-order valence-corrected chi connectivity index (χ2v) is 5.08. The summed E-state index contributed by atoms with van der Waals surface area (Å²) in [6, 6.07) is 3.16. The third-order valence-electron chi connectivity index (χ3n) is 2.95. The summed E-state index contributed by atoms with van der Waals surface area (Å²) in [5.41, 5.74) is 5.15. The molecule has 0 heterocycles. The number of halogens is 4. The van der Waals surface area contributed by atoms with Crippen LogP contribution < -0.4 is 11.1 Å². The Hall–Kier alpha value is -0.980. The summed E-state index contributed by atoms with van der Waals surface area (Å²) in [7, 11) is 1.56. The molecule has 20 heavy (non-hydrogen) atoms. The van der Waals surface area contributed by atoms with Crippen LogP contribution in [-0.4, -0.2) is 26.3 Å². The monoisotopic (exact) mass is 310 g/mol. The summed E-state index contributed by atoms with van der Waals surface area (Å²) < 4.78 is 43.2. The fourth-order valence-corrected chi connectivity index (χ4v) is 2.10. The number of hydrogen-bond donors (Lipinski definition) is 2. The lowest BCUT2D eigenvalue weighted by Gasteiger charge is -2.25. The number of nitrogens with two attached hydrogens (primary N) is 1. The van der Waals surface area contributed by atoms with Crippen LogP contribution >= 0.6 is 11.6 Å². The number of benzene rings is 1. The van der Waals surface area contributed by atoms with Gasteiger partial charge in [-0.3, -0.25) is 0 Å². The van der Waals surface area contributed by atoms with Gasteiger partial charge in [0.15, 0.2) is 0 Å². The minimum atomic E-state index is -4.43. The molecule has 1 aromatic rings. The van der Waals surface area contributed by atoms with E-state index in [2.05, 4.69) is 5.32 Å². The van der Waals surface area contributed by atoms with E-state index >= 15 is 0 Å². The number of anilines is 1. The number of methoxy groups -OCH3 is 1. The van der Waals surface area contributed by atoms with Crippen molar-refractivity contribution in [2.24, 2.45) is 11.7 Å². The van der Waals surface area contributed by atoms with Crippen LogP contribution in [0.2, 0.25) is 5.02 Å². The van der Waals surface area contributed by atoms with Crippen LogP contribution in [0.15, 0.2) is 18.2 Å². The van der Waals surface area contributed by atoms with Crippen molar-refractivity contribution in [3.63, 3.8) is 0 Å². The van der Waals surface area contributed by atoms with E-state index in [1.165, 1.54) is 6.07 Å². The van der Waals surface area contributed by atoms with Gasteiger partial charge in [0.05, 0.1) is 12.2 Å². The molecular formula is C13H18ClF3N2O. The van der Waals surface area contributed by atoms with Crippen LogP contribution in [0.1, 0.15) is 12.5 Å². The molecule has 0 spiro atoms. The number of hydrogen-bond acceptors (Lipinski definition) is 3. The Morgan fingerprint density at radius 3 is 2.50 bits per heavy atom. The summed E-state index contributed by atoms with van der Waals surface area (Å²) in [5, 5.41) is 3.00. The molecule has 0 radical (unpaired) electrons. The molecule has 1 aromatic carbocycles. The van der Waals surface area contributed by atoms with Crippen LogP contribution in [0.4, 0.5) is 18.9 Å². The summed E-state index contributed by atoms with van der Waals surface area (Å²) in [6.07, 6.45) is -4.43. The zero-order valence-corrected chi connectivity index (χ0v) is 12.1. The molecule has 0 aliphatic rings. The number of rotatable bonds is 6. The van der Waals surface area contributed by atoms with Gasteiger partial charge in [-0.05, 0) is 18.2 Å². The highest BCUT2D eigenvalue weighted by molar-refractivity contribution is 6.30. The molecule has 3 nitrogen and oxygen atoms in total. The predicted octanol–water partition coefficient (Wildman–Crippen LogP) is 3.38. The molecule has 0 aliphatic heterocycles. The van der Waals surface area contributed by atoms with Gasteiger partial charge in [-0.15, -0.1) is 0 Å². The average molecular weight is 311 g/mol. The van der Waals surface area contributed by atoms with Crippen molar-refractivity contribution in [3.8, 4) is 0 Å². The fraction of sp³-hybridized carbons (Fsp3) is 0.538. The molecule has 0 aromatic heterocycles. The molecule has 7 heteroatoms. The molecule has 2 unspecified atom stereocenters. The molecule has 0 aliphatic carbocycles. The highest BCUT2D eigenvalue weighted by atomic mass is 35.5. The summed E-state index contributed by atoms with van der Waals surface area (Å²) in [6.45, 7) is 2.64. The van der Waals surface area contributed by atoms with Gasteiger partial charge in [0.2, 0.25) is 0 Å². The van der Waals surface area contributed by atoms with E-state index in [0.29, 0.717) is 12.3 Å². The Morgan fingerprint density at radius 1 is 1.35 bits per heavy atom. The van der Waals surface area contributed by atoms with E-state index in [1.807, 2.05) is 6.92 Å². The van der Waals surface area contributed by atoms with Crippen LogP contribution in [0.3, 0.4) is 0 Å². The Balaban J connectivity index is 2.93. The Morgan fingerprint density at radius 2 is 2.00 bits per heavy atom. The first kappa shape index (κ1) is 17.1. The molecule has 0 saturated heterocycles. The van der Waals surface area contributed by atoms with E-state index in [9.17, 15) is 13.2 Å². The molecule has 0 amide bonds. The number of nitrogens with one attached hydrogen (secondary N) is 1. The molecule has 1 rings (SSSR count). The highest BCUT2D eigenvalue weighted by Gasteiger charge is 2.31. The molecule has 0 bridgehead atoms. The first-order valence-electron chi connectivity index (χ1n) is 6.11. The van der Waals surface area contributed by atoms with Crippen molar-refractivity contribution in [1.29, 1.82) is 0 Å². The van der Waals surface area contributed by atoms with Crippen molar-refractivity contribution in [2.45, 2.75) is 19.1 Å². The van der Waals surface area contributed by atoms with Gasteiger partial charge < -0.3 is 15.8 Å². The van der Waals surface area contributed by atoms with E-state index in [1.54, 1.807) is 7.11 Å². The fourth-order valence-electron chi connectivity index (χ4n) is 1.86.